The highest BCUT2D eigenvalue weighted by atomic mass is 28.4. The molecule has 19 heteroatoms. The first kappa shape index (κ1) is 51.5. The lowest BCUT2D eigenvalue weighted by molar-refractivity contribution is -0.275. The second-order valence-electron chi connectivity index (χ2n) is 20.7. The fourth-order valence-corrected chi connectivity index (χ4v) is 10.2. The number of aliphatic hydroxyl groups excluding tert-OH is 1. The van der Waals surface area contributed by atoms with E-state index in [-0.39, 0.29) is 48.2 Å². The largest absolute Gasteiger partial charge is 0.573 e. The van der Waals surface area contributed by atoms with Gasteiger partial charge in [0.1, 0.15) is 40.6 Å². The highest BCUT2D eigenvalue weighted by molar-refractivity contribution is 6.74. The van der Waals surface area contributed by atoms with Crippen LogP contribution in [-0.2, 0) is 31.7 Å². The van der Waals surface area contributed by atoms with E-state index < -0.39 is 124 Å². The maximum absolute atomic E-state index is 16.1. The molecule has 0 aliphatic heterocycles. The number of amides is 2. The molecule has 15 nitrogen and oxygen atoms in total. The molecule has 2 N–H and O–H groups in total. The molecule has 3 aromatic rings. The summed E-state index contributed by atoms with van der Waals surface area (Å²) in [6, 6.07) is 8.65. The van der Waals surface area contributed by atoms with Gasteiger partial charge in [-0.05, 0) is 89.2 Å². The summed E-state index contributed by atoms with van der Waals surface area (Å²) in [7, 11) is -3.27. The molecule has 3 aliphatic rings. The van der Waals surface area contributed by atoms with Crippen molar-refractivity contribution in [1.29, 1.82) is 0 Å². The molecule has 1 saturated carbocycles. The van der Waals surface area contributed by atoms with Gasteiger partial charge in [-0.25, -0.2) is 9.59 Å². The minimum Gasteiger partial charge on any atom is -0.507 e. The number of alkyl halides is 3. The molecular formula is C49H60F3N3O12Si. The van der Waals surface area contributed by atoms with E-state index in [0.717, 1.165) is 5.56 Å². The fourth-order valence-electron chi connectivity index (χ4n) is 8.71. The van der Waals surface area contributed by atoms with Gasteiger partial charge in [0.15, 0.2) is 25.4 Å². The first-order valence-electron chi connectivity index (χ1n) is 22.1. The molecule has 1 heterocycles. The van der Waals surface area contributed by atoms with Gasteiger partial charge in [-0.15, -0.1) is 26.3 Å². The Kier molecular flexibility index (Phi) is 13.8. The van der Waals surface area contributed by atoms with Crippen molar-refractivity contribution in [3.05, 3.63) is 95.3 Å². The zero-order chi connectivity index (χ0) is 50.7. The van der Waals surface area contributed by atoms with Crippen LogP contribution in [0.15, 0.2) is 71.8 Å². The number of anilines is 1. The minimum atomic E-state index is -5.39. The van der Waals surface area contributed by atoms with Crippen LogP contribution in [0.5, 0.6) is 17.4 Å². The number of carbonyl (C=O) groups is 4. The summed E-state index contributed by atoms with van der Waals surface area (Å²) in [4.78, 5) is 61.6. The molecule has 0 radical (unpaired) electrons. The highest BCUT2D eigenvalue weighted by Crippen LogP contribution is 2.60. The van der Waals surface area contributed by atoms with Crippen molar-refractivity contribution in [2.45, 2.75) is 129 Å². The molecule has 0 spiro atoms. The normalized spacial score (nSPS) is 20.7. The predicted molar refractivity (Wildman–Crippen MR) is 247 cm³/mol. The van der Waals surface area contributed by atoms with E-state index in [1.807, 2.05) is 44.8 Å². The number of ketones is 2. The van der Waals surface area contributed by atoms with Gasteiger partial charge in [-0.2, -0.15) is 4.90 Å². The standard InChI is InChI=1S/C49H60F3N3O12Si/c1-14-21-54(22-15-2)36-30-24-28-23-29-32(63-49(50,51)52)25-31(55(43(60)64-45(3,4)5)44(61)65-46(6,7)8)37(56)34(29)38(57)33(28)40(58)48(30,67-68(12,13)47(9,10)11)41(59)35-39(36)66-53-42(35)62-26-27-19-17-16-18-20-27/h14-20,25,28,30,36,56-57H,1-2,21-24,26H2,3-13H3/t28-,30-,36-,48?/m0/s1. The number of fused-ring (bicyclic) bond motifs is 4. The molecule has 0 bridgehead atoms. The second-order valence-corrected chi connectivity index (χ2v) is 25.4. The van der Waals surface area contributed by atoms with E-state index in [0.29, 0.717) is 6.07 Å². The topological polar surface area (TPSA) is 187 Å². The zero-order valence-electron chi connectivity index (χ0n) is 40.3. The number of carbonyl (C=O) groups excluding carboxylic acids is 4. The van der Waals surface area contributed by atoms with Crippen LogP contribution < -0.4 is 14.4 Å². The lowest BCUT2D eigenvalue weighted by atomic mass is 9.57. The van der Waals surface area contributed by atoms with Crippen LogP contribution in [0.1, 0.15) is 108 Å². The Balaban J connectivity index is 1.67. The molecule has 0 saturated heterocycles. The maximum Gasteiger partial charge on any atom is 0.573 e. The third kappa shape index (κ3) is 9.83. The van der Waals surface area contributed by atoms with Crippen molar-refractivity contribution in [1.82, 2.24) is 10.1 Å². The van der Waals surface area contributed by atoms with Gasteiger partial charge in [0.25, 0.3) is 5.88 Å². The number of benzene rings is 2. The average Bonchev–Trinajstić information content (AvgIpc) is 3.61. The number of hydrogen-bond donors (Lipinski definition) is 2. The Morgan fingerprint density at radius 2 is 1.49 bits per heavy atom. The van der Waals surface area contributed by atoms with Crippen molar-refractivity contribution in [3.8, 4) is 17.4 Å². The lowest BCUT2D eigenvalue weighted by Gasteiger charge is -2.55. The number of phenols is 1. The van der Waals surface area contributed by atoms with Crippen LogP contribution in [-0.4, -0.2) is 88.6 Å². The predicted octanol–water partition coefficient (Wildman–Crippen LogP) is 10.9. The van der Waals surface area contributed by atoms with Crippen molar-refractivity contribution in [3.63, 3.8) is 0 Å². The number of imide groups is 1. The summed E-state index contributed by atoms with van der Waals surface area (Å²) < 4.78 is 78.1. The molecule has 4 atom stereocenters. The highest BCUT2D eigenvalue weighted by Gasteiger charge is 2.69. The number of Topliss-reactive ketones (excluding diaryl/α,β-unsaturated/α-hetero) is 2. The van der Waals surface area contributed by atoms with Crippen LogP contribution >= 0.6 is 0 Å². The molecule has 2 amide bonds. The molecule has 68 heavy (non-hydrogen) atoms. The number of aromatic hydroxyl groups is 1. The Bertz CT molecular complexity index is 2500. The van der Waals surface area contributed by atoms with Gasteiger partial charge in [0.05, 0.1) is 11.6 Å². The number of nitrogens with zero attached hydrogens (tertiary/aromatic N) is 3. The fraction of sp³-hybridized carbons (Fsp3) is 0.490. The van der Waals surface area contributed by atoms with E-state index in [1.165, 1.54) is 41.5 Å². The number of hydrogen-bond acceptors (Lipinski definition) is 14. The Morgan fingerprint density at radius 1 is 0.912 bits per heavy atom. The van der Waals surface area contributed by atoms with Crippen LogP contribution in [0.25, 0.3) is 5.76 Å². The van der Waals surface area contributed by atoms with Gasteiger partial charge in [0, 0.05) is 36.2 Å². The molecule has 6 rings (SSSR count). The van der Waals surface area contributed by atoms with Gasteiger partial charge in [-0.1, -0.05) is 63.3 Å². The summed E-state index contributed by atoms with van der Waals surface area (Å²) in [5.74, 6) is -7.53. The van der Waals surface area contributed by atoms with Gasteiger partial charge in [-0.3, -0.25) is 14.5 Å². The summed E-state index contributed by atoms with van der Waals surface area (Å²) in [5.41, 5.74) is -7.04. The molecule has 1 aromatic heterocycles. The third-order valence-electron chi connectivity index (χ3n) is 12.4. The summed E-state index contributed by atoms with van der Waals surface area (Å²) in [6.07, 6.45) is -5.76. The number of rotatable bonds is 12. The number of aliphatic hydroxyl groups is 1. The van der Waals surface area contributed by atoms with Crippen molar-refractivity contribution >= 4 is 43.5 Å². The summed E-state index contributed by atoms with van der Waals surface area (Å²) in [5, 5.41) is 28.3. The van der Waals surface area contributed by atoms with E-state index in [9.17, 15) is 33.0 Å². The maximum atomic E-state index is 16.1. The van der Waals surface area contributed by atoms with Crippen molar-refractivity contribution in [2.24, 2.45) is 11.8 Å². The van der Waals surface area contributed by atoms with Crippen LogP contribution in [0, 0.1) is 11.8 Å². The summed E-state index contributed by atoms with van der Waals surface area (Å²) >= 11 is 0. The molecule has 1 fully saturated rings. The van der Waals surface area contributed by atoms with Crippen LogP contribution in [0.4, 0.5) is 28.4 Å². The smallest absolute Gasteiger partial charge is 0.507 e. The van der Waals surface area contributed by atoms with Crippen LogP contribution in [0.3, 0.4) is 0 Å². The van der Waals surface area contributed by atoms with Crippen LogP contribution in [0.2, 0.25) is 18.1 Å². The second kappa shape index (κ2) is 18.2. The number of ether oxygens (including phenoxy) is 4. The number of phenolic OH excluding ortho intramolecular Hbond substituents is 1. The van der Waals surface area contributed by atoms with Gasteiger partial charge >= 0.3 is 18.5 Å². The van der Waals surface area contributed by atoms with E-state index >= 15 is 9.59 Å². The first-order chi connectivity index (χ1) is 31.4. The zero-order valence-corrected chi connectivity index (χ0v) is 41.3. The Morgan fingerprint density at radius 3 is 2.00 bits per heavy atom. The lowest BCUT2D eigenvalue weighted by Crippen LogP contribution is -2.68. The molecular weight excluding hydrogens is 908 g/mol. The van der Waals surface area contributed by atoms with E-state index in [4.69, 9.17) is 23.2 Å². The van der Waals surface area contributed by atoms with E-state index in [2.05, 4.69) is 23.1 Å². The SMILES string of the molecule is C=CCN(CC=C)[C@@H]1c2onc(OCc3ccccc3)c2C(=O)C2(O[Si](C)(C)C(C)(C)C)C(=O)C3=C(O)c4c(O)c(N(C(=O)OC(C)(C)C)C(=O)OC(C)(C)C)cc(OC(F)(F)F)c4C[C@H]3C[C@@H]12. The molecule has 3 aliphatic carbocycles. The average molecular weight is 968 g/mol. The first-order valence-corrected chi connectivity index (χ1v) is 25.0. The molecule has 1 unspecified atom stereocenters. The third-order valence-corrected chi connectivity index (χ3v) is 16.9. The van der Waals surface area contributed by atoms with E-state index in [1.54, 1.807) is 36.4 Å². The molecule has 2 aromatic carbocycles. The molecule has 368 valence electrons. The van der Waals surface area contributed by atoms with Gasteiger partial charge < -0.3 is 38.1 Å². The Labute approximate surface area is 394 Å². The Hall–Kier alpha value is -5.92. The monoisotopic (exact) mass is 967 g/mol. The summed E-state index contributed by atoms with van der Waals surface area (Å²) in [6.45, 7) is 26.3. The van der Waals surface area contributed by atoms with Crippen molar-refractivity contribution < 1.29 is 70.5 Å². The van der Waals surface area contributed by atoms with Gasteiger partial charge in [0.2, 0.25) is 11.6 Å². The minimum absolute atomic E-state index is 0.0490. The number of aromatic nitrogens is 1. The number of halogens is 3. The van der Waals surface area contributed by atoms with Crippen molar-refractivity contribution in [2.75, 3.05) is 18.0 Å². The quantitative estimate of drug-likeness (QED) is 0.0991.